The molecule has 136 valence electrons. The van der Waals surface area contributed by atoms with Crippen molar-refractivity contribution in [2.24, 2.45) is 0 Å². The van der Waals surface area contributed by atoms with Crippen molar-refractivity contribution in [1.29, 1.82) is 0 Å². The van der Waals surface area contributed by atoms with Crippen LogP contribution in [0.25, 0.3) is 0 Å². The largest absolute Gasteiger partial charge is 0.628 e. The van der Waals surface area contributed by atoms with Gasteiger partial charge in [0.2, 0.25) is 5.16 Å². The van der Waals surface area contributed by atoms with Gasteiger partial charge in [-0.3, -0.25) is 5.32 Å². The lowest BCUT2D eigenvalue weighted by atomic mass is 9.97. The predicted molar refractivity (Wildman–Crippen MR) is 100 cm³/mol. The van der Waals surface area contributed by atoms with Crippen molar-refractivity contribution in [2.45, 2.75) is 17.9 Å². The zero-order chi connectivity index (χ0) is 17.8. The predicted octanol–water partition coefficient (Wildman–Crippen LogP) is 1.15. The van der Waals surface area contributed by atoms with Crippen LogP contribution in [0.4, 0.5) is 0 Å². The summed E-state index contributed by atoms with van der Waals surface area (Å²) in [5, 5.41) is 19.6. The summed E-state index contributed by atoms with van der Waals surface area (Å²) in [5.41, 5.74) is 1.57. The van der Waals surface area contributed by atoms with Gasteiger partial charge in [0, 0.05) is 24.6 Å². The van der Waals surface area contributed by atoms with Crippen LogP contribution in [0.1, 0.15) is 5.56 Å². The molecule has 1 aromatic rings. The summed E-state index contributed by atoms with van der Waals surface area (Å²) in [5.74, 6) is 1.44. The number of hydrogen-bond acceptors (Lipinski definition) is 6. The second-order valence-corrected chi connectivity index (χ2v) is 7.15. The maximum Gasteiger partial charge on any atom is 0.200 e. The quantitative estimate of drug-likeness (QED) is 0.535. The van der Waals surface area contributed by atoms with Gasteiger partial charge in [0.25, 0.3) is 0 Å². The Hall–Kier alpha value is -1.38. The molecule has 0 bridgehead atoms. The molecule has 0 saturated heterocycles. The summed E-state index contributed by atoms with van der Waals surface area (Å²) in [6.07, 6.45) is 4.10. The number of methoxy groups -OCH3 is 1. The molecule has 0 saturated carbocycles. The maximum atomic E-state index is 13.0. The van der Waals surface area contributed by atoms with Gasteiger partial charge in [-0.2, -0.15) is 0 Å². The van der Waals surface area contributed by atoms with Gasteiger partial charge in [-0.25, -0.2) is 0 Å². The fourth-order valence-electron chi connectivity index (χ4n) is 3.03. The third-order valence-corrected chi connectivity index (χ3v) is 5.33. The number of benzene rings is 1. The minimum absolute atomic E-state index is 0.0899. The van der Waals surface area contributed by atoms with Crippen molar-refractivity contribution in [2.75, 3.05) is 26.6 Å². The molecular weight excluding hydrogens is 362 g/mol. The minimum atomic E-state index is -0.404. The monoisotopic (exact) mass is 383 g/mol. The van der Waals surface area contributed by atoms with E-state index in [1.54, 1.807) is 13.2 Å². The van der Waals surface area contributed by atoms with Crippen LogP contribution in [-0.4, -0.2) is 38.1 Å². The second-order valence-electron chi connectivity index (χ2n) is 5.80. The van der Waals surface area contributed by atoms with Crippen molar-refractivity contribution >= 4 is 23.4 Å². The zero-order valence-corrected chi connectivity index (χ0v) is 15.7. The molecule has 0 aliphatic carbocycles. The summed E-state index contributed by atoms with van der Waals surface area (Å²) in [6.45, 7) is 1.19. The van der Waals surface area contributed by atoms with E-state index in [-0.39, 0.29) is 15.7 Å². The van der Waals surface area contributed by atoms with Crippen molar-refractivity contribution in [3.8, 4) is 5.75 Å². The molecule has 0 amide bonds. The molecule has 1 aromatic carbocycles. The number of hydrogen-bond donors (Lipinski definition) is 3. The second kappa shape index (κ2) is 8.33. The van der Waals surface area contributed by atoms with Crippen molar-refractivity contribution in [1.82, 2.24) is 10.6 Å². The summed E-state index contributed by atoms with van der Waals surface area (Å²) < 4.78 is 11.5. The first-order valence-corrected chi connectivity index (χ1v) is 9.71. The third kappa shape index (κ3) is 4.07. The first kappa shape index (κ1) is 18.4. The first-order valence-electron chi connectivity index (χ1n) is 8.04. The Morgan fingerprint density at radius 3 is 3.00 bits per heavy atom. The van der Waals surface area contributed by atoms with E-state index in [0.29, 0.717) is 25.5 Å². The van der Waals surface area contributed by atoms with Gasteiger partial charge >= 0.3 is 0 Å². The number of ether oxygens (including phenoxy) is 2. The van der Waals surface area contributed by atoms with Gasteiger partial charge < -0.3 is 25.1 Å². The lowest BCUT2D eigenvalue weighted by Gasteiger charge is -2.37. The average Bonchev–Trinajstić information content (AvgIpc) is 2.65. The molecule has 3 unspecified atom stereocenters. The topological polar surface area (TPSA) is 70.0 Å². The molecule has 8 heteroatoms. The lowest BCUT2D eigenvalue weighted by molar-refractivity contribution is -0.822. The SMILES string of the molecule is COc1ccccc1CC1C2=C(NCNC2)OC(SC)/C=C(/Cl)[NH+]1[O-]. The van der Waals surface area contributed by atoms with Crippen LogP contribution in [0.3, 0.4) is 0 Å². The summed E-state index contributed by atoms with van der Waals surface area (Å²) >= 11 is 7.80. The van der Waals surface area contributed by atoms with E-state index >= 15 is 0 Å². The third-order valence-electron chi connectivity index (χ3n) is 4.32. The number of thioether (sulfide) groups is 1. The normalized spacial score (nSPS) is 28.6. The molecule has 2 aliphatic rings. The average molecular weight is 384 g/mol. The lowest BCUT2D eigenvalue weighted by Crippen LogP contribution is -3.09. The number of halogens is 1. The van der Waals surface area contributed by atoms with Crippen LogP contribution < -0.4 is 20.4 Å². The van der Waals surface area contributed by atoms with Gasteiger partial charge in [0.05, 0.1) is 19.4 Å². The summed E-state index contributed by atoms with van der Waals surface area (Å²) in [7, 11) is 1.63. The van der Waals surface area contributed by atoms with E-state index in [4.69, 9.17) is 21.1 Å². The van der Waals surface area contributed by atoms with Crippen LogP contribution in [0.15, 0.2) is 47.0 Å². The van der Waals surface area contributed by atoms with Gasteiger partial charge in [-0.1, -0.05) is 18.2 Å². The molecule has 0 spiro atoms. The first-order chi connectivity index (χ1) is 12.1. The Labute approximate surface area is 156 Å². The van der Waals surface area contributed by atoms with Crippen molar-refractivity contribution < 1.29 is 14.5 Å². The Kier molecular flexibility index (Phi) is 6.14. The maximum absolute atomic E-state index is 13.0. The highest BCUT2D eigenvalue weighted by Crippen LogP contribution is 2.25. The van der Waals surface area contributed by atoms with E-state index in [1.807, 2.05) is 30.5 Å². The van der Waals surface area contributed by atoms with Crippen molar-refractivity contribution in [3.05, 3.63) is 57.7 Å². The number of nitrogens with one attached hydrogen (secondary N) is 3. The molecule has 25 heavy (non-hydrogen) atoms. The van der Waals surface area contributed by atoms with Crippen molar-refractivity contribution in [3.63, 3.8) is 0 Å². The number of para-hydroxylation sites is 1. The Morgan fingerprint density at radius 1 is 1.44 bits per heavy atom. The smallest absolute Gasteiger partial charge is 0.200 e. The molecule has 3 rings (SSSR count). The highest BCUT2D eigenvalue weighted by atomic mass is 35.5. The molecule has 0 fully saturated rings. The van der Waals surface area contributed by atoms with E-state index in [2.05, 4.69) is 10.6 Å². The van der Waals surface area contributed by atoms with Gasteiger partial charge in [-0.05, 0) is 23.9 Å². The van der Waals surface area contributed by atoms with E-state index in [1.165, 1.54) is 11.8 Å². The summed E-state index contributed by atoms with van der Waals surface area (Å²) in [6, 6.07) is 7.31. The zero-order valence-electron chi connectivity index (χ0n) is 14.2. The molecule has 3 N–H and O–H groups in total. The number of rotatable bonds is 4. The van der Waals surface area contributed by atoms with E-state index in [0.717, 1.165) is 16.9 Å². The minimum Gasteiger partial charge on any atom is -0.628 e. The fourth-order valence-corrected chi connectivity index (χ4v) is 3.82. The Bertz CT molecular complexity index is 683. The molecule has 2 heterocycles. The number of quaternary nitrogens is 1. The van der Waals surface area contributed by atoms with Crippen LogP contribution in [-0.2, 0) is 11.2 Å². The highest BCUT2D eigenvalue weighted by molar-refractivity contribution is 7.99. The Morgan fingerprint density at radius 2 is 2.24 bits per heavy atom. The highest BCUT2D eigenvalue weighted by Gasteiger charge is 2.33. The van der Waals surface area contributed by atoms with Crippen LogP contribution in [0, 0.1) is 5.21 Å². The summed E-state index contributed by atoms with van der Waals surface area (Å²) in [4.78, 5) is 0. The molecule has 2 aliphatic heterocycles. The van der Waals surface area contributed by atoms with E-state index in [9.17, 15) is 5.21 Å². The van der Waals surface area contributed by atoms with Crippen LogP contribution in [0.2, 0.25) is 0 Å². The van der Waals surface area contributed by atoms with Gasteiger partial charge in [0.15, 0.2) is 11.3 Å². The molecule has 6 nitrogen and oxygen atoms in total. The molecular formula is C17H22ClN3O3S. The van der Waals surface area contributed by atoms with Gasteiger partial charge in [-0.15, -0.1) is 11.8 Å². The Balaban J connectivity index is 1.99. The van der Waals surface area contributed by atoms with Gasteiger partial charge in [0.1, 0.15) is 11.8 Å². The standard InChI is InChI=1S/C17H22ClN3O3S/c1-23-14-6-4-3-5-11(14)7-13-12-9-19-10-20-17(12)24-16(25-2)8-15(18)21(13)22/h3-6,8,13,16,19-21H,7,9-10H2,1-2H3/b15-8-. The molecule has 0 aromatic heterocycles. The van der Waals surface area contributed by atoms with Crippen LogP contribution >= 0.6 is 23.4 Å². The van der Waals surface area contributed by atoms with Crippen LogP contribution in [0.5, 0.6) is 5.75 Å². The molecule has 3 atom stereocenters. The number of hydroxylamine groups is 2. The molecule has 0 radical (unpaired) electrons. The fraction of sp³-hybridized carbons (Fsp3) is 0.412. The van der Waals surface area contributed by atoms with E-state index < -0.39 is 6.04 Å².